The number of hydrogen-bond acceptors (Lipinski definition) is 5. The molecule has 2 aromatic rings. The first kappa shape index (κ1) is 18.1. The number of piperazine rings is 1. The summed E-state index contributed by atoms with van der Waals surface area (Å²) in [6.07, 6.45) is 3.41. The number of nitrogens with zero attached hydrogens (tertiary/aromatic N) is 2. The molecule has 6 nitrogen and oxygen atoms in total. The van der Waals surface area contributed by atoms with E-state index in [9.17, 15) is 9.59 Å². The Kier molecular flexibility index (Phi) is 5.02. The summed E-state index contributed by atoms with van der Waals surface area (Å²) in [4.78, 5) is 28.0. The van der Waals surface area contributed by atoms with Crippen LogP contribution in [0.2, 0.25) is 0 Å². The van der Waals surface area contributed by atoms with Crippen LogP contribution in [0, 0.1) is 0 Å². The summed E-state index contributed by atoms with van der Waals surface area (Å²) in [6, 6.07) is 13.3. The van der Waals surface area contributed by atoms with Crippen molar-refractivity contribution in [2.24, 2.45) is 0 Å². The van der Waals surface area contributed by atoms with Crippen molar-refractivity contribution in [3.8, 4) is 11.5 Å². The minimum absolute atomic E-state index is 0.00393. The lowest BCUT2D eigenvalue weighted by molar-refractivity contribution is -0.126. The van der Waals surface area contributed by atoms with Crippen LogP contribution in [0.25, 0.3) is 6.08 Å². The van der Waals surface area contributed by atoms with E-state index in [-0.39, 0.29) is 18.5 Å². The fraction of sp³-hybridized carbons (Fsp3) is 0.273. The number of ether oxygens (including phenoxy) is 2. The van der Waals surface area contributed by atoms with E-state index in [1.807, 2.05) is 47.4 Å². The fourth-order valence-electron chi connectivity index (χ4n) is 3.38. The minimum atomic E-state index is 0.00393. The lowest BCUT2D eigenvalue weighted by Gasteiger charge is -2.35. The standard InChI is InChI=1S/C22H22N2O4/c1-16(25)18-4-6-19(7-5-18)23-10-12-24(13-11-23)22(26)9-3-17-2-8-20-21(14-17)28-15-27-20/h2-9,14H,10-13,15H2,1H3/b9-3+. The number of benzene rings is 2. The van der Waals surface area contributed by atoms with Crippen LogP contribution in [-0.2, 0) is 4.79 Å². The van der Waals surface area contributed by atoms with Gasteiger partial charge >= 0.3 is 0 Å². The Morgan fingerprint density at radius 3 is 2.36 bits per heavy atom. The van der Waals surface area contributed by atoms with E-state index in [1.165, 1.54) is 0 Å². The summed E-state index contributed by atoms with van der Waals surface area (Å²) in [6.45, 7) is 4.67. The first-order chi connectivity index (χ1) is 13.6. The maximum absolute atomic E-state index is 12.5. The van der Waals surface area contributed by atoms with Crippen LogP contribution in [0.4, 0.5) is 5.69 Å². The Bertz CT molecular complexity index is 913. The number of anilines is 1. The van der Waals surface area contributed by atoms with Crippen LogP contribution < -0.4 is 14.4 Å². The lowest BCUT2D eigenvalue weighted by Crippen LogP contribution is -2.48. The Morgan fingerprint density at radius 1 is 0.929 bits per heavy atom. The zero-order chi connectivity index (χ0) is 19.5. The van der Waals surface area contributed by atoms with E-state index < -0.39 is 0 Å². The monoisotopic (exact) mass is 378 g/mol. The van der Waals surface area contributed by atoms with Gasteiger partial charge in [0, 0.05) is 43.5 Å². The molecule has 2 heterocycles. The molecule has 0 radical (unpaired) electrons. The zero-order valence-corrected chi connectivity index (χ0v) is 15.8. The van der Waals surface area contributed by atoms with Crippen LogP contribution in [0.15, 0.2) is 48.5 Å². The van der Waals surface area contributed by atoms with Gasteiger partial charge in [0.2, 0.25) is 12.7 Å². The molecule has 0 bridgehead atoms. The third kappa shape index (κ3) is 3.86. The van der Waals surface area contributed by atoms with Crippen LogP contribution in [0.1, 0.15) is 22.8 Å². The summed E-state index contributed by atoms with van der Waals surface area (Å²) < 4.78 is 10.7. The van der Waals surface area contributed by atoms with Gasteiger partial charge in [0.25, 0.3) is 0 Å². The zero-order valence-electron chi connectivity index (χ0n) is 15.8. The largest absolute Gasteiger partial charge is 0.454 e. The number of amides is 1. The lowest BCUT2D eigenvalue weighted by atomic mass is 10.1. The van der Waals surface area contributed by atoms with Gasteiger partial charge in [-0.1, -0.05) is 6.07 Å². The van der Waals surface area contributed by atoms with Crippen molar-refractivity contribution in [2.75, 3.05) is 37.9 Å². The predicted octanol–water partition coefficient (Wildman–Crippen LogP) is 2.98. The van der Waals surface area contributed by atoms with Gasteiger partial charge in [-0.2, -0.15) is 0 Å². The number of carbonyl (C=O) groups excluding carboxylic acids is 2. The van der Waals surface area contributed by atoms with Gasteiger partial charge in [-0.05, 0) is 55.0 Å². The van der Waals surface area contributed by atoms with Crippen molar-refractivity contribution in [3.63, 3.8) is 0 Å². The molecule has 0 aliphatic carbocycles. The average Bonchev–Trinajstić information content (AvgIpc) is 3.20. The predicted molar refractivity (Wildman–Crippen MR) is 107 cm³/mol. The van der Waals surface area contributed by atoms with Crippen LogP contribution in [0.5, 0.6) is 11.5 Å². The molecule has 2 aromatic carbocycles. The smallest absolute Gasteiger partial charge is 0.246 e. The molecule has 144 valence electrons. The maximum Gasteiger partial charge on any atom is 0.246 e. The van der Waals surface area contributed by atoms with Crippen molar-refractivity contribution >= 4 is 23.5 Å². The first-order valence-electron chi connectivity index (χ1n) is 9.33. The molecule has 0 unspecified atom stereocenters. The van der Waals surface area contributed by atoms with Gasteiger partial charge in [0.15, 0.2) is 17.3 Å². The summed E-state index contributed by atoms with van der Waals surface area (Å²) in [7, 11) is 0. The number of ketones is 1. The summed E-state index contributed by atoms with van der Waals surface area (Å²) >= 11 is 0. The summed E-state index contributed by atoms with van der Waals surface area (Å²) in [5.41, 5.74) is 2.70. The summed E-state index contributed by atoms with van der Waals surface area (Å²) in [5.74, 6) is 1.51. The third-order valence-electron chi connectivity index (χ3n) is 5.05. The highest BCUT2D eigenvalue weighted by molar-refractivity contribution is 5.94. The molecule has 1 fully saturated rings. The van der Waals surface area contributed by atoms with E-state index in [0.29, 0.717) is 24.4 Å². The number of carbonyl (C=O) groups is 2. The van der Waals surface area contributed by atoms with Gasteiger partial charge < -0.3 is 19.3 Å². The molecule has 1 saturated heterocycles. The average molecular weight is 378 g/mol. The quantitative estimate of drug-likeness (QED) is 0.605. The van der Waals surface area contributed by atoms with E-state index in [1.54, 1.807) is 19.1 Å². The molecule has 0 aromatic heterocycles. The van der Waals surface area contributed by atoms with Gasteiger partial charge in [0.1, 0.15) is 0 Å². The van der Waals surface area contributed by atoms with Crippen molar-refractivity contribution in [3.05, 3.63) is 59.7 Å². The summed E-state index contributed by atoms with van der Waals surface area (Å²) in [5, 5.41) is 0. The number of hydrogen-bond donors (Lipinski definition) is 0. The molecule has 6 heteroatoms. The molecule has 2 aliphatic rings. The normalized spacial score (nSPS) is 15.9. The van der Waals surface area contributed by atoms with Crippen molar-refractivity contribution < 1.29 is 19.1 Å². The topological polar surface area (TPSA) is 59.1 Å². The third-order valence-corrected chi connectivity index (χ3v) is 5.05. The van der Waals surface area contributed by atoms with Gasteiger partial charge in [-0.15, -0.1) is 0 Å². The molecule has 28 heavy (non-hydrogen) atoms. The van der Waals surface area contributed by atoms with Crippen molar-refractivity contribution in [1.29, 1.82) is 0 Å². The SMILES string of the molecule is CC(=O)c1ccc(N2CCN(C(=O)/C=C/c3ccc4c(c3)OCO4)CC2)cc1. The van der Waals surface area contributed by atoms with Crippen LogP contribution >= 0.6 is 0 Å². The number of fused-ring (bicyclic) bond motifs is 1. The highest BCUT2D eigenvalue weighted by Crippen LogP contribution is 2.32. The fourth-order valence-corrected chi connectivity index (χ4v) is 3.38. The minimum Gasteiger partial charge on any atom is -0.454 e. The Labute approximate surface area is 164 Å². The molecular formula is C22H22N2O4. The van der Waals surface area contributed by atoms with Gasteiger partial charge in [0.05, 0.1) is 0 Å². The molecule has 4 rings (SSSR count). The van der Waals surface area contributed by atoms with Crippen molar-refractivity contribution in [2.45, 2.75) is 6.92 Å². The molecule has 0 atom stereocenters. The second-order valence-electron chi connectivity index (χ2n) is 6.86. The molecule has 2 aliphatic heterocycles. The van der Waals surface area contributed by atoms with E-state index in [4.69, 9.17) is 9.47 Å². The number of Topliss-reactive ketones (excluding diaryl/α,β-unsaturated/α-hetero) is 1. The maximum atomic E-state index is 12.5. The van der Waals surface area contributed by atoms with E-state index >= 15 is 0 Å². The first-order valence-corrected chi connectivity index (χ1v) is 9.33. The highest BCUT2D eigenvalue weighted by atomic mass is 16.7. The number of rotatable bonds is 4. The Morgan fingerprint density at radius 2 is 1.64 bits per heavy atom. The Balaban J connectivity index is 1.33. The molecule has 1 amide bonds. The second-order valence-corrected chi connectivity index (χ2v) is 6.86. The van der Waals surface area contributed by atoms with Crippen molar-refractivity contribution in [1.82, 2.24) is 4.90 Å². The van der Waals surface area contributed by atoms with E-state index in [0.717, 1.165) is 30.1 Å². The molecular weight excluding hydrogens is 356 g/mol. The molecule has 0 spiro atoms. The van der Waals surface area contributed by atoms with Gasteiger partial charge in [-0.3, -0.25) is 9.59 Å². The second kappa shape index (κ2) is 7.76. The highest BCUT2D eigenvalue weighted by Gasteiger charge is 2.20. The van der Waals surface area contributed by atoms with Crippen LogP contribution in [-0.4, -0.2) is 49.6 Å². The molecule has 0 saturated carbocycles. The Hall–Kier alpha value is -3.28. The van der Waals surface area contributed by atoms with E-state index in [2.05, 4.69) is 4.90 Å². The van der Waals surface area contributed by atoms with Crippen LogP contribution in [0.3, 0.4) is 0 Å². The van der Waals surface area contributed by atoms with Gasteiger partial charge in [-0.25, -0.2) is 0 Å². The molecule has 0 N–H and O–H groups in total.